The van der Waals surface area contributed by atoms with Crippen LogP contribution >= 0.6 is 0 Å². The van der Waals surface area contributed by atoms with Gasteiger partial charge in [0.05, 0.1) is 11.3 Å². The van der Waals surface area contributed by atoms with Gasteiger partial charge in [0.25, 0.3) is 0 Å². The number of hydrogen-bond donors (Lipinski definition) is 1. The molecule has 1 aromatic heterocycles. The van der Waals surface area contributed by atoms with Crippen molar-refractivity contribution in [3.8, 4) is 6.07 Å². The van der Waals surface area contributed by atoms with E-state index in [0.29, 0.717) is 5.69 Å². The summed E-state index contributed by atoms with van der Waals surface area (Å²) in [4.78, 5) is 6.55. The van der Waals surface area contributed by atoms with Crippen LogP contribution in [0.3, 0.4) is 0 Å². The van der Waals surface area contributed by atoms with E-state index in [1.165, 1.54) is 0 Å². The summed E-state index contributed by atoms with van der Waals surface area (Å²) in [5.41, 5.74) is 2.20. The lowest BCUT2D eigenvalue weighted by Crippen LogP contribution is -2.45. The minimum Gasteiger partial charge on any atom is -0.371 e. The number of fused-ring (bicyclic) bond motifs is 1. The molecule has 1 aliphatic heterocycles. The molecule has 0 atom stereocenters. The number of nitrogens with zero attached hydrogens (tertiary/aromatic N) is 3. The number of pyridine rings is 1. The van der Waals surface area contributed by atoms with Crippen LogP contribution in [0.1, 0.15) is 25.5 Å². The summed E-state index contributed by atoms with van der Waals surface area (Å²) in [7, 11) is -3.17. The van der Waals surface area contributed by atoms with Gasteiger partial charge in [0.2, 0.25) is 10.0 Å². The molecule has 3 rings (SSSR count). The van der Waals surface area contributed by atoms with Crippen LogP contribution in [0.4, 0.5) is 5.69 Å². The lowest BCUT2D eigenvalue weighted by molar-refractivity contribution is 0.461. The average molecular weight is 344 g/mol. The van der Waals surface area contributed by atoms with E-state index in [4.69, 9.17) is 0 Å². The number of anilines is 1. The maximum atomic E-state index is 11.7. The van der Waals surface area contributed by atoms with Crippen LogP contribution in [-0.2, 0) is 10.0 Å². The monoisotopic (exact) mass is 344 g/mol. The number of nitrogens with one attached hydrogen (secondary N) is 1. The van der Waals surface area contributed by atoms with Gasteiger partial charge in [-0.3, -0.25) is 0 Å². The third-order valence-electron chi connectivity index (χ3n) is 4.37. The summed E-state index contributed by atoms with van der Waals surface area (Å²) in [6.07, 6.45) is 1.50. The van der Waals surface area contributed by atoms with Crippen molar-refractivity contribution in [3.05, 3.63) is 36.0 Å². The summed E-state index contributed by atoms with van der Waals surface area (Å²) < 4.78 is 26.2. The van der Waals surface area contributed by atoms with Crippen molar-refractivity contribution in [1.29, 1.82) is 5.26 Å². The van der Waals surface area contributed by atoms with Gasteiger partial charge in [-0.25, -0.2) is 18.1 Å². The minimum absolute atomic E-state index is 0.0188. The zero-order valence-electron chi connectivity index (χ0n) is 13.6. The highest BCUT2D eigenvalue weighted by Gasteiger charge is 2.24. The molecule has 0 radical (unpaired) electrons. The predicted molar refractivity (Wildman–Crippen MR) is 94.3 cm³/mol. The maximum absolute atomic E-state index is 11.7. The van der Waals surface area contributed by atoms with E-state index in [9.17, 15) is 13.7 Å². The number of aromatic nitrogens is 1. The highest BCUT2D eigenvalue weighted by Crippen LogP contribution is 2.29. The van der Waals surface area contributed by atoms with Gasteiger partial charge in [-0.15, -0.1) is 0 Å². The normalized spacial score (nSPS) is 16.2. The molecule has 126 valence electrons. The molecule has 2 aromatic rings. The van der Waals surface area contributed by atoms with Gasteiger partial charge < -0.3 is 4.90 Å². The third-order valence-corrected chi connectivity index (χ3v) is 5.82. The first-order valence-electron chi connectivity index (χ1n) is 8.07. The topological polar surface area (TPSA) is 86.1 Å². The van der Waals surface area contributed by atoms with Crippen LogP contribution in [0.2, 0.25) is 0 Å². The molecule has 1 aromatic carbocycles. The number of hydrogen-bond acceptors (Lipinski definition) is 5. The number of benzene rings is 1. The van der Waals surface area contributed by atoms with Gasteiger partial charge in [-0.1, -0.05) is 18.2 Å². The smallest absolute Gasteiger partial charge is 0.211 e. The van der Waals surface area contributed by atoms with E-state index in [2.05, 4.69) is 20.7 Å². The summed E-state index contributed by atoms with van der Waals surface area (Å²) in [5, 5.41) is 10.2. The highest BCUT2D eigenvalue weighted by molar-refractivity contribution is 7.89. The van der Waals surface area contributed by atoms with Gasteiger partial charge in [-0.2, -0.15) is 5.26 Å². The Morgan fingerprint density at radius 2 is 2.04 bits per heavy atom. The first-order chi connectivity index (χ1) is 11.5. The second-order valence-corrected chi connectivity index (χ2v) is 7.98. The first-order valence-corrected chi connectivity index (χ1v) is 9.72. The largest absolute Gasteiger partial charge is 0.371 e. The molecule has 1 saturated heterocycles. The molecule has 1 N–H and O–H groups in total. The average Bonchev–Trinajstić information content (AvgIpc) is 2.61. The molecule has 24 heavy (non-hydrogen) atoms. The van der Waals surface area contributed by atoms with Crippen molar-refractivity contribution >= 4 is 26.6 Å². The van der Waals surface area contributed by atoms with E-state index < -0.39 is 10.0 Å². The van der Waals surface area contributed by atoms with Gasteiger partial charge in [0.1, 0.15) is 11.8 Å². The van der Waals surface area contributed by atoms with E-state index in [0.717, 1.165) is 42.5 Å². The van der Waals surface area contributed by atoms with Crippen molar-refractivity contribution < 1.29 is 8.42 Å². The van der Waals surface area contributed by atoms with Crippen LogP contribution in [0.25, 0.3) is 10.9 Å². The van der Waals surface area contributed by atoms with Crippen molar-refractivity contribution in [3.63, 3.8) is 0 Å². The number of rotatable bonds is 4. The van der Waals surface area contributed by atoms with E-state index >= 15 is 0 Å². The number of para-hydroxylation sites is 1. The molecule has 6 nitrogen and oxygen atoms in total. The van der Waals surface area contributed by atoms with Crippen LogP contribution < -0.4 is 9.62 Å². The SMILES string of the molecule is CCS(=O)(=O)NC1CCN(c2cc(C#N)nc3ccccc23)CC1. The van der Waals surface area contributed by atoms with Crippen LogP contribution in [0.15, 0.2) is 30.3 Å². The maximum Gasteiger partial charge on any atom is 0.211 e. The molecule has 0 spiro atoms. The summed E-state index contributed by atoms with van der Waals surface area (Å²) >= 11 is 0. The van der Waals surface area contributed by atoms with Crippen LogP contribution in [0.5, 0.6) is 0 Å². The van der Waals surface area contributed by atoms with Crippen molar-refractivity contribution in [2.24, 2.45) is 0 Å². The Labute approximate surface area is 142 Å². The third kappa shape index (κ3) is 3.50. The molecule has 0 bridgehead atoms. The number of piperidine rings is 1. The summed E-state index contributed by atoms with van der Waals surface area (Å²) in [6, 6.07) is 11.7. The quantitative estimate of drug-likeness (QED) is 0.917. The Kier molecular flexibility index (Phi) is 4.69. The van der Waals surface area contributed by atoms with E-state index in [1.807, 2.05) is 30.3 Å². The second-order valence-electron chi connectivity index (χ2n) is 5.94. The van der Waals surface area contributed by atoms with Gasteiger partial charge >= 0.3 is 0 Å². The van der Waals surface area contributed by atoms with E-state index in [-0.39, 0.29) is 11.8 Å². The highest BCUT2D eigenvalue weighted by atomic mass is 32.2. The summed E-state index contributed by atoms with van der Waals surface area (Å²) in [5.74, 6) is 0.105. The Morgan fingerprint density at radius 3 is 2.71 bits per heavy atom. The molecule has 1 aliphatic rings. The fraction of sp³-hybridized carbons (Fsp3) is 0.412. The molecule has 0 unspecified atom stereocenters. The molecule has 0 saturated carbocycles. The fourth-order valence-electron chi connectivity index (χ4n) is 3.05. The van der Waals surface area contributed by atoms with Crippen molar-refractivity contribution in [1.82, 2.24) is 9.71 Å². The molecule has 0 amide bonds. The number of nitriles is 1. The standard InChI is InChI=1S/C17H20N4O2S/c1-2-24(22,23)20-13-7-9-21(10-8-13)17-11-14(12-18)19-16-6-4-3-5-15(16)17/h3-6,11,13,20H,2,7-10H2,1H3. The van der Waals surface area contributed by atoms with E-state index in [1.54, 1.807) is 6.92 Å². The first kappa shape index (κ1) is 16.7. The Balaban J connectivity index is 1.82. The Hall–Kier alpha value is -2.17. The van der Waals surface area contributed by atoms with Crippen molar-refractivity contribution in [2.75, 3.05) is 23.7 Å². The molecule has 1 fully saturated rings. The van der Waals surface area contributed by atoms with Gasteiger partial charge in [-0.05, 0) is 31.9 Å². The molecule has 2 heterocycles. The van der Waals surface area contributed by atoms with Gasteiger partial charge in [0, 0.05) is 30.2 Å². The lowest BCUT2D eigenvalue weighted by atomic mass is 10.0. The zero-order valence-corrected chi connectivity index (χ0v) is 14.4. The molecule has 0 aliphatic carbocycles. The number of sulfonamides is 1. The molecular formula is C17H20N4O2S. The zero-order chi connectivity index (χ0) is 17.2. The Bertz CT molecular complexity index is 881. The predicted octanol–water partition coefficient (Wildman–Crippen LogP) is 2.01. The molecular weight excluding hydrogens is 324 g/mol. The van der Waals surface area contributed by atoms with Crippen LogP contribution in [0, 0.1) is 11.3 Å². The second kappa shape index (κ2) is 6.75. The fourth-order valence-corrected chi connectivity index (χ4v) is 3.96. The molecule has 7 heteroatoms. The Morgan fingerprint density at radius 1 is 1.33 bits per heavy atom. The van der Waals surface area contributed by atoms with Gasteiger partial charge in [0.15, 0.2) is 0 Å². The van der Waals surface area contributed by atoms with Crippen molar-refractivity contribution in [2.45, 2.75) is 25.8 Å². The minimum atomic E-state index is -3.17. The van der Waals surface area contributed by atoms with Crippen LogP contribution in [-0.4, -0.2) is 38.3 Å². The lowest BCUT2D eigenvalue weighted by Gasteiger charge is -2.34. The summed E-state index contributed by atoms with van der Waals surface area (Å²) in [6.45, 7) is 3.13.